The van der Waals surface area contributed by atoms with Gasteiger partial charge in [0.25, 0.3) is 0 Å². The lowest BCUT2D eigenvalue weighted by atomic mass is 10.00. The summed E-state index contributed by atoms with van der Waals surface area (Å²) in [6.45, 7) is 2.00. The van der Waals surface area contributed by atoms with Gasteiger partial charge in [-0.1, -0.05) is 42.0 Å². The first kappa shape index (κ1) is 22.7. The molecule has 5 rings (SSSR count). The van der Waals surface area contributed by atoms with E-state index in [4.69, 9.17) is 27.1 Å². The number of nitrogens with zero attached hydrogens (tertiary/aromatic N) is 4. The van der Waals surface area contributed by atoms with Gasteiger partial charge in [-0.05, 0) is 47.9 Å². The summed E-state index contributed by atoms with van der Waals surface area (Å²) in [4.78, 5) is 22.5. The standard InChI is InChI=1S/C27H24ClN5O2/c1-17-25(20-8-10-32(11-9-20)27(34)35-2)33-16-19(12-18-6-7-24(29)30-15-18)13-23(26(33)31-17)21-4-3-5-22(28)14-21/h3-11,13-16,20H,12H2,1-2H3,(H2,29,30). The van der Waals surface area contributed by atoms with Crippen LogP contribution in [0.4, 0.5) is 10.6 Å². The van der Waals surface area contributed by atoms with Crippen molar-refractivity contribution in [2.75, 3.05) is 12.8 Å². The number of methoxy groups -OCH3 is 1. The van der Waals surface area contributed by atoms with Crippen molar-refractivity contribution in [3.8, 4) is 11.1 Å². The second kappa shape index (κ2) is 9.27. The lowest BCUT2D eigenvalue weighted by Crippen LogP contribution is -2.22. The van der Waals surface area contributed by atoms with E-state index in [9.17, 15) is 4.79 Å². The molecule has 2 N–H and O–H groups in total. The Hall–Kier alpha value is -4.10. The predicted octanol–water partition coefficient (Wildman–Crippen LogP) is 5.72. The van der Waals surface area contributed by atoms with Crippen molar-refractivity contribution in [2.24, 2.45) is 0 Å². The number of hydrogen-bond donors (Lipinski definition) is 1. The molecule has 7 nitrogen and oxygen atoms in total. The Bertz CT molecular complexity index is 1460. The number of hydrogen-bond acceptors (Lipinski definition) is 5. The van der Waals surface area contributed by atoms with Crippen molar-refractivity contribution in [1.82, 2.24) is 19.3 Å². The average molecular weight is 486 g/mol. The number of fused-ring (bicyclic) bond motifs is 1. The molecular formula is C27H24ClN5O2. The number of pyridine rings is 2. The number of carbonyl (C=O) groups is 1. The van der Waals surface area contributed by atoms with Crippen molar-refractivity contribution in [1.29, 1.82) is 0 Å². The summed E-state index contributed by atoms with van der Waals surface area (Å²) in [7, 11) is 1.36. The van der Waals surface area contributed by atoms with Gasteiger partial charge in [-0.25, -0.2) is 14.8 Å². The number of ether oxygens (including phenoxy) is 1. The Balaban J connectivity index is 1.64. The van der Waals surface area contributed by atoms with E-state index in [1.54, 1.807) is 18.6 Å². The van der Waals surface area contributed by atoms with Crippen LogP contribution in [0, 0.1) is 6.92 Å². The molecule has 0 spiro atoms. The third kappa shape index (κ3) is 4.50. The zero-order valence-corrected chi connectivity index (χ0v) is 20.1. The third-order valence-electron chi connectivity index (χ3n) is 6.00. The van der Waals surface area contributed by atoms with Gasteiger partial charge in [-0.2, -0.15) is 0 Å². The molecule has 3 aromatic heterocycles. The third-order valence-corrected chi connectivity index (χ3v) is 6.23. The minimum atomic E-state index is -0.437. The van der Waals surface area contributed by atoms with E-state index in [2.05, 4.69) is 21.6 Å². The maximum atomic E-state index is 11.9. The Labute approximate surface area is 208 Å². The summed E-state index contributed by atoms with van der Waals surface area (Å²) in [6.07, 6.45) is 11.5. The molecule has 0 fully saturated rings. The summed E-state index contributed by atoms with van der Waals surface area (Å²) in [5, 5.41) is 0.665. The number of allylic oxidation sites excluding steroid dienone is 2. The average Bonchev–Trinajstić information content (AvgIpc) is 3.20. The highest BCUT2D eigenvalue weighted by Crippen LogP contribution is 2.33. The fourth-order valence-corrected chi connectivity index (χ4v) is 4.56. The second-order valence-electron chi connectivity index (χ2n) is 8.40. The number of aromatic nitrogens is 3. The molecule has 0 aliphatic carbocycles. The first-order chi connectivity index (χ1) is 16.9. The summed E-state index contributed by atoms with van der Waals surface area (Å²) >= 11 is 6.33. The molecule has 1 aliphatic heterocycles. The van der Waals surface area contributed by atoms with Crippen LogP contribution in [0.3, 0.4) is 0 Å². The normalized spacial score (nSPS) is 13.5. The highest BCUT2D eigenvalue weighted by molar-refractivity contribution is 6.30. The van der Waals surface area contributed by atoms with E-state index in [1.165, 1.54) is 12.0 Å². The fraction of sp³-hybridized carbons (Fsp3) is 0.148. The minimum Gasteiger partial charge on any atom is -0.452 e. The SMILES string of the molecule is COC(=O)N1C=CC(c2c(C)nc3c(-c4cccc(Cl)c4)cc(Cc4ccc(N)nc4)cn23)C=C1. The van der Waals surface area contributed by atoms with Crippen molar-refractivity contribution < 1.29 is 9.53 Å². The highest BCUT2D eigenvalue weighted by Gasteiger charge is 2.22. The molecule has 0 saturated heterocycles. The summed E-state index contributed by atoms with van der Waals surface area (Å²) in [5.41, 5.74) is 12.7. The fourth-order valence-electron chi connectivity index (χ4n) is 4.37. The molecule has 1 aromatic carbocycles. The molecule has 1 aliphatic rings. The van der Waals surface area contributed by atoms with Crippen LogP contribution in [0.2, 0.25) is 5.02 Å². The molecule has 4 aromatic rings. The Kier molecular flexibility index (Phi) is 6.01. The zero-order valence-electron chi connectivity index (χ0n) is 19.4. The maximum Gasteiger partial charge on any atom is 0.417 e. The molecule has 0 atom stereocenters. The zero-order chi connectivity index (χ0) is 24.5. The van der Waals surface area contributed by atoms with Crippen LogP contribution < -0.4 is 5.73 Å². The van der Waals surface area contributed by atoms with E-state index in [1.807, 2.05) is 55.5 Å². The first-order valence-corrected chi connectivity index (χ1v) is 11.5. The Morgan fingerprint density at radius 3 is 2.63 bits per heavy atom. The molecule has 0 radical (unpaired) electrons. The maximum absolute atomic E-state index is 11.9. The van der Waals surface area contributed by atoms with Crippen LogP contribution in [0.15, 0.2) is 79.4 Å². The first-order valence-electron chi connectivity index (χ1n) is 11.1. The van der Waals surface area contributed by atoms with Gasteiger partial charge < -0.3 is 14.9 Å². The summed E-state index contributed by atoms with van der Waals surface area (Å²) in [6, 6.07) is 13.7. The predicted molar refractivity (Wildman–Crippen MR) is 137 cm³/mol. The van der Waals surface area contributed by atoms with Gasteiger partial charge in [0.05, 0.1) is 18.5 Å². The number of amides is 1. The van der Waals surface area contributed by atoms with Crippen LogP contribution in [-0.2, 0) is 11.2 Å². The van der Waals surface area contributed by atoms with E-state index < -0.39 is 6.09 Å². The van der Waals surface area contributed by atoms with Gasteiger partial charge in [-0.3, -0.25) is 4.90 Å². The number of benzene rings is 1. The number of imidazole rings is 1. The summed E-state index contributed by atoms with van der Waals surface area (Å²) < 4.78 is 6.94. The summed E-state index contributed by atoms with van der Waals surface area (Å²) in [5.74, 6) is 0.430. The number of anilines is 1. The van der Waals surface area contributed by atoms with Gasteiger partial charge in [0.15, 0.2) is 0 Å². The number of rotatable bonds is 4. The van der Waals surface area contributed by atoms with Gasteiger partial charge in [0.2, 0.25) is 0 Å². The largest absolute Gasteiger partial charge is 0.452 e. The van der Waals surface area contributed by atoms with Gasteiger partial charge in [0.1, 0.15) is 11.5 Å². The Morgan fingerprint density at radius 1 is 1.14 bits per heavy atom. The molecule has 0 bridgehead atoms. The molecule has 1 amide bonds. The number of nitrogens with two attached hydrogens (primary N) is 1. The number of carbonyl (C=O) groups excluding carboxylic acids is 1. The van der Waals surface area contributed by atoms with Gasteiger partial charge >= 0.3 is 6.09 Å². The van der Waals surface area contributed by atoms with Crippen LogP contribution in [0.25, 0.3) is 16.8 Å². The molecule has 0 saturated carbocycles. The van der Waals surface area contributed by atoms with Gasteiger partial charge in [0, 0.05) is 47.7 Å². The minimum absolute atomic E-state index is 0.0634. The van der Waals surface area contributed by atoms with Crippen molar-refractivity contribution in [3.05, 3.63) is 107 Å². The number of nitrogen functional groups attached to an aromatic ring is 1. The highest BCUT2D eigenvalue weighted by atomic mass is 35.5. The van der Waals surface area contributed by atoms with E-state index in [0.717, 1.165) is 39.3 Å². The molecule has 176 valence electrons. The second-order valence-corrected chi connectivity index (χ2v) is 8.84. The smallest absolute Gasteiger partial charge is 0.417 e. The van der Waals surface area contributed by atoms with Crippen molar-refractivity contribution >= 4 is 29.2 Å². The van der Waals surface area contributed by atoms with E-state index >= 15 is 0 Å². The lowest BCUT2D eigenvalue weighted by molar-refractivity contribution is 0.151. The Morgan fingerprint density at radius 2 is 1.94 bits per heavy atom. The lowest BCUT2D eigenvalue weighted by Gasteiger charge is -2.20. The molecular weight excluding hydrogens is 462 g/mol. The van der Waals surface area contributed by atoms with Crippen molar-refractivity contribution in [2.45, 2.75) is 19.3 Å². The van der Waals surface area contributed by atoms with Crippen LogP contribution in [0.5, 0.6) is 0 Å². The monoisotopic (exact) mass is 485 g/mol. The molecule has 0 unspecified atom stereocenters. The topological polar surface area (TPSA) is 85.8 Å². The quantitative estimate of drug-likeness (QED) is 0.399. The van der Waals surface area contributed by atoms with E-state index in [0.29, 0.717) is 17.3 Å². The molecule has 8 heteroatoms. The van der Waals surface area contributed by atoms with Crippen LogP contribution in [0.1, 0.15) is 28.4 Å². The van der Waals surface area contributed by atoms with Crippen LogP contribution >= 0.6 is 11.6 Å². The molecule has 4 heterocycles. The number of aryl methyl sites for hydroxylation is 1. The molecule has 35 heavy (non-hydrogen) atoms. The number of halogens is 1. The van der Waals surface area contributed by atoms with Crippen molar-refractivity contribution in [3.63, 3.8) is 0 Å². The van der Waals surface area contributed by atoms with Crippen LogP contribution in [-0.4, -0.2) is 32.5 Å². The van der Waals surface area contributed by atoms with E-state index in [-0.39, 0.29) is 5.92 Å². The van der Waals surface area contributed by atoms with Gasteiger partial charge in [-0.15, -0.1) is 0 Å².